The van der Waals surface area contributed by atoms with E-state index in [0.717, 1.165) is 0 Å². The first-order chi connectivity index (χ1) is 25.2. The molecule has 4 aromatic heterocycles. The Bertz CT molecular complexity index is 2030. The third kappa shape index (κ3) is 8.37. The van der Waals surface area contributed by atoms with Crippen molar-refractivity contribution in [1.29, 1.82) is 0 Å². The smallest absolute Gasteiger partial charge is 0.337 e. The average Bonchev–Trinajstić information content (AvgIpc) is 3.89. The number of benzene rings is 2. The first kappa shape index (κ1) is 34.4. The second-order valence-corrected chi connectivity index (χ2v) is 10.8. The number of carbonyl (C=O) groups excluding carboxylic acids is 2. The number of nitrogens with zero attached hydrogens (tertiary/aromatic N) is 8. The molecule has 0 saturated heterocycles. The molecule has 18 heteroatoms. The standard InChI is InChI=1S/C34H28N10O8/c45-31(25-7-9-29(41-39-25)43-13-11-35-19-43)37-27-17-21(3-5-23(27)33(47)48)51-15-1-2-16-52-22-4-6-24(34(49)50)28(18-22)38-32(46)26-8-10-30(42-40-26)44-14-12-36-20-44/h3-14,17-20H,1-2,15-16H2,(H,37,45)(H,38,46)(H,47,48)(H,49,50). The maximum atomic E-state index is 12.8. The van der Waals surface area contributed by atoms with Gasteiger partial charge in [0.2, 0.25) is 0 Å². The molecule has 0 saturated carbocycles. The van der Waals surface area contributed by atoms with E-state index in [9.17, 15) is 29.4 Å². The number of unbranched alkanes of at least 4 members (excludes halogenated alkanes) is 1. The van der Waals surface area contributed by atoms with Gasteiger partial charge < -0.3 is 30.3 Å². The Labute approximate surface area is 293 Å². The number of hydrogen-bond donors (Lipinski definition) is 4. The minimum Gasteiger partial charge on any atom is -0.494 e. The predicted octanol–water partition coefficient (Wildman–Crippen LogP) is 3.78. The molecule has 0 atom stereocenters. The molecule has 6 rings (SSSR count). The van der Waals surface area contributed by atoms with Crippen LogP contribution in [0, 0.1) is 0 Å². The lowest BCUT2D eigenvalue weighted by atomic mass is 10.1. The maximum Gasteiger partial charge on any atom is 0.337 e. The van der Waals surface area contributed by atoms with E-state index in [4.69, 9.17) is 9.47 Å². The lowest BCUT2D eigenvalue weighted by Crippen LogP contribution is -2.17. The van der Waals surface area contributed by atoms with Crippen molar-refractivity contribution in [3.8, 4) is 23.1 Å². The van der Waals surface area contributed by atoms with Gasteiger partial charge in [0.25, 0.3) is 11.8 Å². The number of ether oxygens (including phenoxy) is 2. The molecule has 0 spiro atoms. The second kappa shape index (κ2) is 15.8. The molecule has 6 aromatic rings. The van der Waals surface area contributed by atoms with Crippen molar-refractivity contribution < 1.29 is 38.9 Å². The first-order valence-electron chi connectivity index (χ1n) is 15.5. The number of amides is 2. The van der Waals surface area contributed by atoms with E-state index in [1.165, 1.54) is 61.2 Å². The lowest BCUT2D eigenvalue weighted by molar-refractivity contribution is 0.0686. The molecule has 262 valence electrons. The zero-order valence-electron chi connectivity index (χ0n) is 27.0. The maximum absolute atomic E-state index is 12.8. The largest absolute Gasteiger partial charge is 0.494 e. The summed E-state index contributed by atoms with van der Waals surface area (Å²) < 4.78 is 14.8. The minimum absolute atomic E-state index is 0.0186. The number of aromatic carboxylic acids is 2. The molecule has 52 heavy (non-hydrogen) atoms. The van der Waals surface area contributed by atoms with Crippen molar-refractivity contribution >= 4 is 35.1 Å². The van der Waals surface area contributed by atoms with E-state index in [1.807, 2.05) is 0 Å². The number of rotatable bonds is 15. The zero-order chi connectivity index (χ0) is 36.5. The molecule has 4 N–H and O–H groups in total. The average molecular weight is 705 g/mol. The van der Waals surface area contributed by atoms with E-state index in [1.54, 1.807) is 46.1 Å². The highest BCUT2D eigenvalue weighted by Gasteiger charge is 2.18. The van der Waals surface area contributed by atoms with Gasteiger partial charge in [0, 0.05) is 36.9 Å². The number of carbonyl (C=O) groups is 4. The molecule has 0 aliphatic carbocycles. The monoisotopic (exact) mass is 704 g/mol. The molecule has 0 aliphatic rings. The summed E-state index contributed by atoms with van der Waals surface area (Å²) in [7, 11) is 0. The molecule has 0 radical (unpaired) electrons. The summed E-state index contributed by atoms with van der Waals surface area (Å²) in [5.41, 5.74) is -0.291. The van der Waals surface area contributed by atoms with Crippen LogP contribution in [0.5, 0.6) is 11.5 Å². The van der Waals surface area contributed by atoms with Crippen LogP contribution in [-0.4, -0.2) is 86.7 Å². The van der Waals surface area contributed by atoms with Gasteiger partial charge in [-0.05, 0) is 61.4 Å². The van der Waals surface area contributed by atoms with Crippen molar-refractivity contribution in [2.24, 2.45) is 0 Å². The Balaban J connectivity index is 1.00. The Morgan fingerprint density at radius 3 is 1.38 bits per heavy atom. The highest BCUT2D eigenvalue weighted by molar-refractivity contribution is 6.07. The summed E-state index contributed by atoms with van der Waals surface area (Å²) >= 11 is 0. The molecule has 2 amide bonds. The zero-order valence-corrected chi connectivity index (χ0v) is 27.0. The van der Waals surface area contributed by atoms with Crippen LogP contribution >= 0.6 is 0 Å². The molecule has 0 fully saturated rings. The van der Waals surface area contributed by atoms with Gasteiger partial charge in [-0.3, -0.25) is 18.7 Å². The molecular formula is C34H28N10O8. The van der Waals surface area contributed by atoms with E-state index in [2.05, 4.69) is 41.0 Å². The number of hydrogen-bond acceptors (Lipinski definition) is 12. The van der Waals surface area contributed by atoms with Crippen LogP contribution in [-0.2, 0) is 0 Å². The predicted molar refractivity (Wildman–Crippen MR) is 181 cm³/mol. The van der Waals surface area contributed by atoms with Crippen LogP contribution in [0.1, 0.15) is 54.5 Å². The number of aromatic nitrogens is 8. The molecule has 2 aromatic carbocycles. The van der Waals surface area contributed by atoms with Gasteiger partial charge in [-0.1, -0.05) is 0 Å². The number of imidazole rings is 2. The van der Waals surface area contributed by atoms with Crippen molar-refractivity contribution in [2.45, 2.75) is 12.8 Å². The van der Waals surface area contributed by atoms with Gasteiger partial charge in [0.05, 0.1) is 35.7 Å². The normalized spacial score (nSPS) is 10.7. The van der Waals surface area contributed by atoms with Crippen LogP contribution in [0.2, 0.25) is 0 Å². The number of anilines is 2. The Hall–Kier alpha value is -7.50. The first-order valence-corrected chi connectivity index (χ1v) is 15.5. The van der Waals surface area contributed by atoms with Gasteiger partial charge in [0.15, 0.2) is 23.0 Å². The van der Waals surface area contributed by atoms with Crippen LogP contribution < -0.4 is 20.1 Å². The summed E-state index contributed by atoms with van der Waals surface area (Å²) in [6.45, 7) is 0.481. The van der Waals surface area contributed by atoms with Gasteiger partial charge in [-0.25, -0.2) is 19.6 Å². The number of carboxylic acid groups (broad SMARTS) is 2. The molecular weight excluding hydrogens is 676 g/mol. The fourth-order valence-electron chi connectivity index (χ4n) is 4.72. The summed E-state index contributed by atoms with van der Waals surface area (Å²) in [6.07, 6.45) is 10.6. The molecule has 0 bridgehead atoms. The van der Waals surface area contributed by atoms with Crippen LogP contribution in [0.3, 0.4) is 0 Å². The highest BCUT2D eigenvalue weighted by Crippen LogP contribution is 2.25. The lowest BCUT2D eigenvalue weighted by Gasteiger charge is -2.13. The molecule has 4 heterocycles. The van der Waals surface area contributed by atoms with Crippen molar-refractivity contribution in [3.05, 3.63) is 121 Å². The van der Waals surface area contributed by atoms with Crippen molar-refractivity contribution in [2.75, 3.05) is 23.8 Å². The minimum atomic E-state index is -1.24. The summed E-state index contributed by atoms with van der Waals surface area (Å²) in [4.78, 5) is 57.2. The topological polar surface area (TPSA) is 238 Å². The van der Waals surface area contributed by atoms with E-state index >= 15 is 0 Å². The van der Waals surface area contributed by atoms with Gasteiger partial charge >= 0.3 is 11.9 Å². The van der Waals surface area contributed by atoms with Crippen LogP contribution in [0.15, 0.2) is 98.1 Å². The summed E-state index contributed by atoms with van der Waals surface area (Å²) in [5, 5.41) is 40.3. The molecule has 0 unspecified atom stereocenters. The fraction of sp³-hybridized carbons (Fsp3) is 0.118. The highest BCUT2D eigenvalue weighted by atomic mass is 16.5. The summed E-state index contributed by atoms with van der Waals surface area (Å²) in [6, 6.07) is 14.5. The quantitative estimate of drug-likeness (QED) is 0.111. The van der Waals surface area contributed by atoms with E-state index in [0.29, 0.717) is 36.0 Å². The van der Waals surface area contributed by atoms with Crippen molar-refractivity contribution in [1.82, 2.24) is 39.5 Å². The summed E-state index contributed by atoms with van der Waals surface area (Å²) in [5.74, 6) is -2.24. The fourth-order valence-corrected chi connectivity index (χ4v) is 4.72. The van der Waals surface area contributed by atoms with Gasteiger partial charge in [-0.15, -0.1) is 20.4 Å². The van der Waals surface area contributed by atoms with Crippen LogP contribution in [0.25, 0.3) is 11.6 Å². The van der Waals surface area contributed by atoms with E-state index in [-0.39, 0.29) is 47.1 Å². The third-order valence-electron chi connectivity index (χ3n) is 7.32. The van der Waals surface area contributed by atoms with Gasteiger partial charge in [-0.2, -0.15) is 0 Å². The van der Waals surface area contributed by atoms with Gasteiger partial charge in [0.1, 0.15) is 24.2 Å². The molecule has 0 aliphatic heterocycles. The Morgan fingerprint density at radius 2 is 1.04 bits per heavy atom. The number of nitrogens with one attached hydrogen (secondary N) is 2. The second-order valence-electron chi connectivity index (χ2n) is 10.8. The third-order valence-corrected chi connectivity index (χ3v) is 7.32. The van der Waals surface area contributed by atoms with Crippen LogP contribution in [0.4, 0.5) is 11.4 Å². The Morgan fingerprint density at radius 1 is 0.596 bits per heavy atom. The Kier molecular flexibility index (Phi) is 10.4. The van der Waals surface area contributed by atoms with Crippen molar-refractivity contribution in [3.63, 3.8) is 0 Å². The SMILES string of the molecule is O=C(Nc1cc(OCCCCOc2ccc(C(=O)O)c(NC(=O)c3ccc(-n4ccnc4)nn3)c2)ccc1C(=O)O)c1ccc(-n2ccnc2)nn1. The van der Waals surface area contributed by atoms with E-state index < -0.39 is 23.8 Å². The molecule has 18 nitrogen and oxygen atoms in total. The number of carboxylic acids is 2.